The third-order valence-corrected chi connectivity index (χ3v) is 3.93. The molecule has 1 aliphatic carbocycles. The summed E-state index contributed by atoms with van der Waals surface area (Å²) in [5.74, 6) is -0.864. The van der Waals surface area contributed by atoms with Gasteiger partial charge < -0.3 is 10.4 Å². The first-order chi connectivity index (χ1) is 9.97. The number of para-hydroxylation sites is 1. The van der Waals surface area contributed by atoms with Crippen molar-refractivity contribution in [3.8, 4) is 6.07 Å². The molecule has 1 aromatic rings. The van der Waals surface area contributed by atoms with E-state index in [-0.39, 0.29) is 28.8 Å². The lowest BCUT2D eigenvalue weighted by molar-refractivity contribution is -0.384. The van der Waals surface area contributed by atoms with Gasteiger partial charge in [0.2, 0.25) is 0 Å². The lowest BCUT2D eigenvalue weighted by Crippen LogP contribution is -2.38. The molecule has 2 N–H and O–H groups in total. The van der Waals surface area contributed by atoms with Crippen LogP contribution >= 0.6 is 0 Å². The number of nitrogens with zero attached hydrogens (tertiary/aromatic N) is 2. The van der Waals surface area contributed by atoms with Crippen LogP contribution in [0.15, 0.2) is 18.2 Å². The Morgan fingerprint density at radius 1 is 1.52 bits per heavy atom. The summed E-state index contributed by atoms with van der Waals surface area (Å²) in [6.45, 7) is 0.356. The Morgan fingerprint density at radius 2 is 2.24 bits per heavy atom. The van der Waals surface area contributed by atoms with E-state index in [1.54, 1.807) is 12.1 Å². The number of anilines is 1. The molecule has 0 aromatic heterocycles. The largest absolute Gasteiger partial charge is 0.481 e. The zero-order valence-electron chi connectivity index (χ0n) is 11.3. The van der Waals surface area contributed by atoms with Crippen molar-refractivity contribution in [2.75, 3.05) is 11.9 Å². The minimum absolute atomic E-state index is 0.00843. The van der Waals surface area contributed by atoms with Gasteiger partial charge >= 0.3 is 11.7 Å². The van der Waals surface area contributed by atoms with E-state index in [2.05, 4.69) is 5.32 Å². The van der Waals surface area contributed by atoms with Gasteiger partial charge in [0.25, 0.3) is 0 Å². The molecule has 0 unspecified atom stereocenters. The molecule has 0 atom stereocenters. The highest BCUT2D eigenvalue weighted by molar-refractivity contribution is 5.70. The molecule has 1 fully saturated rings. The quantitative estimate of drug-likeness (QED) is 0.614. The van der Waals surface area contributed by atoms with Gasteiger partial charge in [-0.1, -0.05) is 12.5 Å². The van der Waals surface area contributed by atoms with Crippen LogP contribution in [0.3, 0.4) is 0 Å². The number of nitriles is 1. The summed E-state index contributed by atoms with van der Waals surface area (Å²) in [6, 6.07) is 6.29. The molecule has 1 aromatic carbocycles. The van der Waals surface area contributed by atoms with Crippen molar-refractivity contribution in [2.24, 2.45) is 5.41 Å². The molecule has 2 rings (SSSR count). The Kier molecular flexibility index (Phi) is 4.08. The third kappa shape index (κ3) is 3.11. The Balaban J connectivity index is 2.19. The highest BCUT2D eigenvalue weighted by Crippen LogP contribution is 2.44. The summed E-state index contributed by atoms with van der Waals surface area (Å²) in [4.78, 5) is 21.4. The normalized spacial score (nSPS) is 15.6. The maximum Gasteiger partial charge on any atom is 0.309 e. The monoisotopic (exact) mass is 289 g/mol. The van der Waals surface area contributed by atoms with Gasteiger partial charge in [0.05, 0.1) is 11.3 Å². The predicted octanol–water partition coefficient (Wildman–Crippen LogP) is 2.52. The maximum atomic E-state index is 11.1. The van der Waals surface area contributed by atoms with Gasteiger partial charge in [0, 0.05) is 6.54 Å². The molecule has 110 valence electrons. The van der Waals surface area contributed by atoms with Crippen LogP contribution in [0.2, 0.25) is 0 Å². The van der Waals surface area contributed by atoms with Crippen molar-refractivity contribution in [2.45, 2.75) is 25.7 Å². The van der Waals surface area contributed by atoms with E-state index in [9.17, 15) is 14.9 Å². The summed E-state index contributed by atoms with van der Waals surface area (Å²) < 4.78 is 0. The number of nitro benzene ring substituents is 1. The van der Waals surface area contributed by atoms with Crippen molar-refractivity contribution in [3.05, 3.63) is 33.9 Å². The number of carboxylic acids is 1. The van der Waals surface area contributed by atoms with E-state index in [1.165, 1.54) is 12.1 Å². The molecule has 0 bridgehead atoms. The average Bonchev–Trinajstić information content (AvgIpc) is 2.40. The number of carboxylic acid groups (broad SMARTS) is 1. The fourth-order valence-corrected chi connectivity index (χ4v) is 2.67. The molecule has 0 amide bonds. The molecule has 1 saturated carbocycles. The zero-order chi connectivity index (χ0) is 15.5. The van der Waals surface area contributed by atoms with E-state index in [0.717, 1.165) is 19.3 Å². The second-order valence-electron chi connectivity index (χ2n) is 5.35. The van der Waals surface area contributed by atoms with Crippen LogP contribution in [0.1, 0.15) is 31.2 Å². The van der Waals surface area contributed by atoms with E-state index < -0.39 is 10.9 Å². The molecule has 0 saturated heterocycles. The van der Waals surface area contributed by atoms with Crippen LogP contribution in [-0.4, -0.2) is 22.5 Å². The van der Waals surface area contributed by atoms with Gasteiger partial charge in [-0.2, -0.15) is 5.26 Å². The summed E-state index contributed by atoms with van der Waals surface area (Å²) >= 11 is 0. The summed E-state index contributed by atoms with van der Waals surface area (Å²) in [5, 5.41) is 32.0. The van der Waals surface area contributed by atoms with E-state index in [4.69, 9.17) is 10.4 Å². The lowest BCUT2D eigenvalue weighted by Gasteiger charge is -2.41. The van der Waals surface area contributed by atoms with Gasteiger partial charge in [-0.15, -0.1) is 0 Å². The van der Waals surface area contributed by atoms with Crippen LogP contribution in [-0.2, 0) is 4.79 Å². The van der Waals surface area contributed by atoms with Crippen molar-refractivity contribution >= 4 is 17.3 Å². The standard InChI is InChI=1S/C14H15N3O4/c15-8-10-3-1-4-11(13(10)17(20)21)16-9-14(5-2-6-14)7-12(18)19/h1,3-4,16H,2,5-7,9H2,(H,18,19). The minimum Gasteiger partial charge on any atom is -0.481 e. The summed E-state index contributed by atoms with van der Waals surface area (Å²) in [7, 11) is 0. The highest BCUT2D eigenvalue weighted by atomic mass is 16.6. The Bertz CT molecular complexity index is 617. The van der Waals surface area contributed by atoms with Crippen LogP contribution in [0.4, 0.5) is 11.4 Å². The fraction of sp³-hybridized carbons (Fsp3) is 0.429. The smallest absolute Gasteiger partial charge is 0.309 e. The fourth-order valence-electron chi connectivity index (χ4n) is 2.67. The Morgan fingerprint density at radius 3 is 2.71 bits per heavy atom. The molecule has 0 spiro atoms. The number of rotatable bonds is 6. The van der Waals surface area contributed by atoms with Crippen LogP contribution in [0.5, 0.6) is 0 Å². The maximum absolute atomic E-state index is 11.1. The van der Waals surface area contributed by atoms with Crippen LogP contribution in [0, 0.1) is 26.9 Å². The second kappa shape index (κ2) is 5.79. The molecule has 7 nitrogen and oxygen atoms in total. The van der Waals surface area contributed by atoms with Crippen molar-refractivity contribution in [1.29, 1.82) is 5.26 Å². The van der Waals surface area contributed by atoms with Gasteiger partial charge in [-0.05, 0) is 30.4 Å². The third-order valence-electron chi connectivity index (χ3n) is 3.93. The minimum atomic E-state index is -0.864. The molecule has 21 heavy (non-hydrogen) atoms. The molecule has 0 heterocycles. The van der Waals surface area contributed by atoms with E-state index in [1.807, 2.05) is 0 Å². The first-order valence-electron chi connectivity index (χ1n) is 6.61. The SMILES string of the molecule is N#Cc1cccc(NCC2(CC(=O)O)CCC2)c1[N+](=O)[O-]. The second-order valence-corrected chi connectivity index (χ2v) is 5.35. The van der Waals surface area contributed by atoms with Crippen molar-refractivity contribution < 1.29 is 14.8 Å². The molecule has 0 radical (unpaired) electrons. The van der Waals surface area contributed by atoms with E-state index in [0.29, 0.717) is 6.54 Å². The number of nitro groups is 1. The van der Waals surface area contributed by atoms with Crippen molar-refractivity contribution in [3.63, 3.8) is 0 Å². The molecule has 0 aliphatic heterocycles. The molecule has 1 aliphatic rings. The molecular weight excluding hydrogens is 274 g/mol. The number of nitrogens with one attached hydrogen (secondary N) is 1. The van der Waals surface area contributed by atoms with E-state index >= 15 is 0 Å². The summed E-state index contributed by atoms with van der Waals surface area (Å²) in [5.41, 5.74) is -0.353. The first-order valence-corrected chi connectivity index (χ1v) is 6.61. The topological polar surface area (TPSA) is 116 Å². The number of carbonyl (C=O) groups is 1. The summed E-state index contributed by atoms with van der Waals surface area (Å²) in [6.07, 6.45) is 2.59. The number of hydrogen-bond donors (Lipinski definition) is 2. The molecule has 7 heteroatoms. The van der Waals surface area contributed by atoms with Crippen LogP contribution in [0.25, 0.3) is 0 Å². The first kappa shape index (κ1) is 14.8. The number of benzene rings is 1. The van der Waals surface area contributed by atoms with Gasteiger partial charge in [0.1, 0.15) is 17.3 Å². The van der Waals surface area contributed by atoms with Gasteiger partial charge in [-0.3, -0.25) is 14.9 Å². The van der Waals surface area contributed by atoms with Crippen molar-refractivity contribution in [1.82, 2.24) is 0 Å². The predicted molar refractivity (Wildman–Crippen MR) is 74.8 cm³/mol. The average molecular weight is 289 g/mol. The lowest BCUT2D eigenvalue weighted by atomic mass is 9.66. The zero-order valence-corrected chi connectivity index (χ0v) is 11.3. The Hall–Kier alpha value is -2.62. The van der Waals surface area contributed by atoms with Gasteiger partial charge in [-0.25, -0.2) is 0 Å². The molecular formula is C14H15N3O4. The Labute approximate surface area is 121 Å². The highest BCUT2D eigenvalue weighted by Gasteiger charge is 2.39. The van der Waals surface area contributed by atoms with Crippen LogP contribution < -0.4 is 5.32 Å². The van der Waals surface area contributed by atoms with Gasteiger partial charge in [0.15, 0.2) is 0 Å². The number of aliphatic carboxylic acids is 1. The number of hydrogen-bond acceptors (Lipinski definition) is 5.